The molecule has 1 spiro atoms. The van der Waals surface area contributed by atoms with Crippen LogP contribution in [0.1, 0.15) is 29.8 Å². The number of rotatable bonds is 4. The van der Waals surface area contributed by atoms with Gasteiger partial charge in [-0.2, -0.15) is 5.10 Å². The summed E-state index contributed by atoms with van der Waals surface area (Å²) in [6, 6.07) is 5.82. The van der Waals surface area contributed by atoms with Gasteiger partial charge in [0.2, 0.25) is 5.91 Å². The molecule has 2 saturated heterocycles. The minimum atomic E-state index is -0.409. The first kappa shape index (κ1) is 19.7. The van der Waals surface area contributed by atoms with Gasteiger partial charge in [-0.25, -0.2) is 0 Å². The van der Waals surface area contributed by atoms with Gasteiger partial charge in [-0.05, 0) is 42.9 Å². The first-order valence-electron chi connectivity index (χ1n) is 10.2. The summed E-state index contributed by atoms with van der Waals surface area (Å²) in [5, 5.41) is 12.3. The normalized spacial score (nSPS) is 18.0. The highest BCUT2D eigenvalue weighted by Gasteiger charge is 2.49. The van der Waals surface area contributed by atoms with Crippen molar-refractivity contribution in [2.24, 2.45) is 5.41 Å². The van der Waals surface area contributed by atoms with E-state index in [1.165, 1.54) is 11.5 Å². The summed E-state index contributed by atoms with van der Waals surface area (Å²) >= 11 is 1.17. The number of carbonyl (C=O) groups is 2. The molecule has 2 fully saturated rings. The Kier molecular flexibility index (Phi) is 4.93. The summed E-state index contributed by atoms with van der Waals surface area (Å²) in [5.41, 5.74) is 2.65. The van der Waals surface area contributed by atoms with E-state index in [1.54, 1.807) is 23.6 Å². The van der Waals surface area contributed by atoms with E-state index >= 15 is 0 Å². The van der Waals surface area contributed by atoms with Crippen LogP contribution in [0.15, 0.2) is 36.0 Å². The van der Waals surface area contributed by atoms with Crippen molar-refractivity contribution in [1.29, 1.82) is 0 Å². The molecule has 31 heavy (non-hydrogen) atoms. The molecule has 4 heterocycles. The molecule has 2 aliphatic heterocycles. The van der Waals surface area contributed by atoms with Crippen molar-refractivity contribution in [2.75, 3.05) is 31.6 Å². The van der Waals surface area contributed by atoms with E-state index in [0.29, 0.717) is 43.9 Å². The van der Waals surface area contributed by atoms with Crippen LogP contribution in [0.3, 0.4) is 0 Å². The number of aromatic nitrogens is 4. The summed E-state index contributed by atoms with van der Waals surface area (Å²) in [6.45, 7) is 1.77. The van der Waals surface area contributed by atoms with Crippen LogP contribution in [0.25, 0.3) is 11.1 Å². The van der Waals surface area contributed by atoms with Crippen molar-refractivity contribution >= 4 is 29.0 Å². The average molecular weight is 439 g/mol. The maximum Gasteiger partial charge on any atom is 0.275 e. The minimum absolute atomic E-state index is 0.106. The number of carbonyl (C=O) groups excluding carboxylic acids is 2. The molecule has 3 aromatic rings. The first-order chi connectivity index (χ1) is 15.1. The summed E-state index contributed by atoms with van der Waals surface area (Å²) in [5.74, 6) is 0.725. The van der Waals surface area contributed by atoms with Crippen molar-refractivity contribution in [3.05, 3.63) is 41.7 Å². The molecule has 160 valence electrons. The number of nitrogens with zero attached hydrogens (tertiary/aromatic N) is 5. The molecule has 2 aliphatic rings. The van der Waals surface area contributed by atoms with E-state index in [9.17, 15) is 9.59 Å². The largest absolute Gasteiger partial charge is 0.496 e. The lowest BCUT2D eigenvalue weighted by Gasteiger charge is -2.37. The van der Waals surface area contributed by atoms with Crippen LogP contribution in [-0.2, 0) is 4.79 Å². The number of benzene rings is 1. The van der Waals surface area contributed by atoms with E-state index in [4.69, 9.17) is 4.74 Å². The molecule has 0 radical (unpaired) electrons. The van der Waals surface area contributed by atoms with E-state index in [1.807, 2.05) is 29.3 Å². The number of hydrogen-bond acceptors (Lipinski definition) is 7. The minimum Gasteiger partial charge on any atom is -0.496 e. The zero-order valence-electron chi connectivity index (χ0n) is 17.1. The van der Waals surface area contributed by atoms with E-state index in [-0.39, 0.29) is 11.8 Å². The van der Waals surface area contributed by atoms with Gasteiger partial charge in [0.15, 0.2) is 5.69 Å². The van der Waals surface area contributed by atoms with Gasteiger partial charge in [0.25, 0.3) is 5.91 Å². The number of piperidine rings is 1. The molecule has 1 aromatic carbocycles. The van der Waals surface area contributed by atoms with Gasteiger partial charge in [0, 0.05) is 54.1 Å². The molecule has 0 bridgehead atoms. The number of methoxy groups -OCH3 is 1. The van der Waals surface area contributed by atoms with E-state index in [2.05, 4.69) is 19.8 Å². The Hall–Kier alpha value is -3.27. The molecule has 0 unspecified atom stereocenters. The Balaban J connectivity index is 1.32. The smallest absolute Gasteiger partial charge is 0.275 e. The zero-order valence-corrected chi connectivity index (χ0v) is 17.9. The molecule has 0 aliphatic carbocycles. The predicted octanol–water partition coefficient (Wildman–Crippen LogP) is 2.60. The van der Waals surface area contributed by atoms with Crippen molar-refractivity contribution in [3.63, 3.8) is 0 Å². The van der Waals surface area contributed by atoms with Gasteiger partial charge >= 0.3 is 0 Å². The van der Waals surface area contributed by atoms with Crippen LogP contribution >= 0.6 is 11.5 Å². The molecular formula is C21H22N6O3S. The highest BCUT2D eigenvalue weighted by Crippen LogP contribution is 2.44. The Morgan fingerprint density at radius 3 is 2.71 bits per heavy atom. The Bertz CT molecular complexity index is 1090. The standard InChI is InChI=1S/C21H22N6O3S/c1-30-18-10-15(2-3-16(18)14-11-22-23-12-14)27-9-6-21(20(27)29)4-7-26(8-5-21)19(28)17-13-31-25-24-17/h2-3,10-13H,4-9H2,1H3,(H,22,23). The quantitative estimate of drug-likeness (QED) is 0.671. The van der Waals surface area contributed by atoms with Crippen LogP contribution in [0.2, 0.25) is 0 Å². The Morgan fingerprint density at radius 2 is 2.03 bits per heavy atom. The summed E-state index contributed by atoms with van der Waals surface area (Å²) in [6.07, 6.45) is 5.66. The van der Waals surface area contributed by atoms with E-state index in [0.717, 1.165) is 23.2 Å². The molecule has 2 amide bonds. The first-order valence-corrected chi connectivity index (χ1v) is 11.0. The average Bonchev–Trinajstić information content (AvgIpc) is 3.57. The second kappa shape index (κ2) is 7.77. The topological polar surface area (TPSA) is 104 Å². The number of amides is 2. The zero-order chi connectivity index (χ0) is 21.4. The van der Waals surface area contributed by atoms with Crippen LogP contribution in [0.4, 0.5) is 5.69 Å². The fourth-order valence-corrected chi connectivity index (χ4v) is 5.00. The third kappa shape index (κ3) is 3.36. The Labute approximate surface area is 183 Å². The monoisotopic (exact) mass is 438 g/mol. The number of ether oxygens (including phenoxy) is 1. The van der Waals surface area contributed by atoms with Crippen LogP contribution < -0.4 is 9.64 Å². The van der Waals surface area contributed by atoms with Crippen molar-refractivity contribution in [3.8, 4) is 16.9 Å². The molecule has 0 atom stereocenters. The van der Waals surface area contributed by atoms with Gasteiger partial charge in [-0.3, -0.25) is 14.7 Å². The summed E-state index contributed by atoms with van der Waals surface area (Å²) < 4.78 is 9.35. The summed E-state index contributed by atoms with van der Waals surface area (Å²) in [7, 11) is 1.63. The number of hydrogen-bond donors (Lipinski definition) is 1. The predicted molar refractivity (Wildman–Crippen MR) is 115 cm³/mol. The third-order valence-corrected chi connectivity index (χ3v) is 6.91. The van der Waals surface area contributed by atoms with Crippen LogP contribution in [-0.4, -0.2) is 63.2 Å². The lowest BCUT2D eigenvalue weighted by molar-refractivity contribution is -0.127. The molecule has 5 rings (SSSR count). The molecule has 9 nitrogen and oxygen atoms in total. The Morgan fingerprint density at radius 1 is 1.23 bits per heavy atom. The van der Waals surface area contributed by atoms with Gasteiger partial charge in [0.1, 0.15) is 5.75 Å². The van der Waals surface area contributed by atoms with Crippen molar-refractivity contribution < 1.29 is 14.3 Å². The molecular weight excluding hydrogens is 416 g/mol. The van der Waals surface area contributed by atoms with Gasteiger partial charge in [-0.1, -0.05) is 4.49 Å². The highest BCUT2D eigenvalue weighted by atomic mass is 32.1. The number of anilines is 1. The maximum atomic E-state index is 13.4. The lowest BCUT2D eigenvalue weighted by atomic mass is 9.77. The molecule has 2 aromatic heterocycles. The second-order valence-electron chi connectivity index (χ2n) is 7.94. The lowest BCUT2D eigenvalue weighted by Crippen LogP contribution is -2.46. The fourth-order valence-electron chi connectivity index (χ4n) is 4.57. The molecule has 1 N–H and O–H groups in total. The van der Waals surface area contributed by atoms with Crippen LogP contribution in [0, 0.1) is 5.41 Å². The van der Waals surface area contributed by atoms with Gasteiger partial charge < -0.3 is 14.5 Å². The second-order valence-corrected chi connectivity index (χ2v) is 8.55. The van der Waals surface area contributed by atoms with Gasteiger partial charge in [-0.15, -0.1) is 5.10 Å². The maximum absolute atomic E-state index is 13.4. The number of nitrogens with one attached hydrogen (secondary N) is 1. The SMILES string of the molecule is COc1cc(N2CCC3(CCN(C(=O)c4csnn4)CC3)C2=O)ccc1-c1cn[nH]c1. The number of aromatic amines is 1. The number of H-pyrrole nitrogens is 1. The molecule has 0 saturated carbocycles. The molecule has 10 heteroatoms. The van der Waals surface area contributed by atoms with E-state index < -0.39 is 5.41 Å². The third-order valence-electron chi connectivity index (χ3n) is 6.41. The highest BCUT2D eigenvalue weighted by molar-refractivity contribution is 7.03. The van der Waals surface area contributed by atoms with Gasteiger partial charge in [0.05, 0.1) is 18.7 Å². The van der Waals surface area contributed by atoms with Crippen molar-refractivity contribution in [1.82, 2.24) is 24.7 Å². The fraction of sp³-hybridized carbons (Fsp3) is 0.381. The van der Waals surface area contributed by atoms with Crippen LogP contribution in [0.5, 0.6) is 5.75 Å². The summed E-state index contributed by atoms with van der Waals surface area (Å²) in [4.78, 5) is 29.6. The number of likely N-dealkylation sites (tertiary alicyclic amines) is 1. The van der Waals surface area contributed by atoms with Crippen molar-refractivity contribution in [2.45, 2.75) is 19.3 Å².